The summed E-state index contributed by atoms with van der Waals surface area (Å²) in [5.74, 6) is 0. The molecule has 1 fully saturated rings. The van der Waals surface area contributed by atoms with Gasteiger partial charge in [0.2, 0.25) is 0 Å². The molecule has 2 unspecified atom stereocenters. The molecule has 1 rings (SSSR count). The molecule has 70 valence electrons. The number of aliphatic hydroxyl groups excluding tert-OH is 1. The van der Waals surface area contributed by atoms with E-state index in [-0.39, 0.29) is 12.7 Å². The summed E-state index contributed by atoms with van der Waals surface area (Å²) in [4.78, 5) is 2.26. The van der Waals surface area contributed by atoms with Crippen LogP contribution in [-0.4, -0.2) is 48.5 Å². The minimum absolute atomic E-state index is 0.0128. The summed E-state index contributed by atoms with van der Waals surface area (Å²) in [7, 11) is 0. The summed E-state index contributed by atoms with van der Waals surface area (Å²) < 4.78 is 5.33. The Morgan fingerprint density at radius 3 is 3.17 bits per heavy atom. The van der Waals surface area contributed by atoms with Crippen LogP contribution in [0, 0.1) is 0 Å². The van der Waals surface area contributed by atoms with Crippen LogP contribution in [0.5, 0.6) is 0 Å². The second-order valence-corrected chi connectivity index (χ2v) is 3.15. The van der Waals surface area contributed by atoms with Crippen LogP contribution in [0.2, 0.25) is 0 Å². The van der Waals surface area contributed by atoms with Gasteiger partial charge in [-0.05, 0) is 6.92 Å². The van der Waals surface area contributed by atoms with E-state index in [1.807, 2.05) is 6.08 Å². The van der Waals surface area contributed by atoms with Gasteiger partial charge in [0.1, 0.15) is 0 Å². The third-order valence-electron chi connectivity index (χ3n) is 2.29. The van der Waals surface area contributed by atoms with E-state index in [0.29, 0.717) is 12.6 Å². The van der Waals surface area contributed by atoms with Crippen molar-refractivity contribution in [2.45, 2.75) is 19.1 Å². The number of hydrogen-bond acceptors (Lipinski definition) is 3. The zero-order valence-electron chi connectivity index (χ0n) is 7.57. The Hall–Kier alpha value is -0.380. The van der Waals surface area contributed by atoms with Crippen molar-refractivity contribution >= 4 is 0 Å². The van der Waals surface area contributed by atoms with Crippen LogP contribution >= 0.6 is 0 Å². The summed E-state index contributed by atoms with van der Waals surface area (Å²) in [5, 5.41) is 8.89. The highest BCUT2D eigenvalue weighted by atomic mass is 16.5. The molecule has 12 heavy (non-hydrogen) atoms. The number of nitrogens with zero attached hydrogens (tertiary/aromatic N) is 1. The second kappa shape index (κ2) is 4.60. The van der Waals surface area contributed by atoms with E-state index < -0.39 is 0 Å². The quantitative estimate of drug-likeness (QED) is 0.618. The Labute approximate surface area is 73.6 Å². The van der Waals surface area contributed by atoms with Crippen molar-refractivity contribution in [3.05, 3.63) is 12.7 Å². The van der Waals surface area contributed by atoms with Gasteiger partial charge in [-0.1, -0.05) is 6.08 Å². The van der Waals surface area contributed by atoms with E-state index in [4.69, 9.17) is 9.84 Å². The van der Waals surface area contributed by atoms with Gasteiger partial charge >= 0.3 is 0 Å². The molecule has 1 heterocycles. The van der Waals surface area contributed by atoms with E-state index in [1.165, 1.54) is 0 Å². The molecule has 3 heteroatoms. The molecule has 0 aromatic heterocycles. The summed E-state index contributed by atoms with van der Waals surface area (Å²) in [5.41, 5.74) is 0. The largest absolute Gasteiger partial charge is 0.394 e. The fourth-order valence-corrected chi connectivity index (χ4v) is 1.37. The molecule has 0 radical (unpaired) electrons. The van der Waals surface area contributed by atoms with Crippen molar-refractivity contribution < 1.29 is 9.84 Å². The van der Waals surface area contributed by atoms with Crippen molar-refractivity contribution in [2.75, 3.05) is 26.3 Å². The van der Waals surface area contributed by atoms with Gasteiger partial charge in [0.15, 0.2) is 0 Å². The highest BCUT2D eigenvalue weighted by molar-refractivity contribution is 4.86. The lowest BCUT2D eigenvalue weighted by atomic mass is 10.2. The van der Waals surface area contributed by atoms with Crippen LogP contribution in [0.3, 0.4) is 0 Å². The highest BCUT2D eigenvalue weighted by Crippen LogP contribution is 2.08. The minimum Gasteiger partial charge on any atom is -0.394 e. The van der Waals surface area contributed by atoms with Gasteiger partial charge < -0.3 is 9.84 Å². The van der Waals surface area contributed by atoms with Gasteiger partial charge in [-0.15, -0.1) is 6.58 Å². The zero-order chi connectivity index (χ0) is 8.97. The third kappa shape index (κ3) is 2.30. The third-order valence-corrected chi connectivity index (χ3v) is 2.29. The van der Waals surface area contributed by atoms with Crippen LogP contribution in [-0.2, 0) is 4.74 Å². The van der Waals surface area contributed by atoms with Crippen LogP contribution in [0.25, 0.3) is 0 Å². The van der Waals surface area contributed by atoms with Crippen molar-refractivity contribution in [1.29, 1.82) is 0 Å². The SMILES string of the molecule is C=CC(C)N1CCOC(CO)C1. The van der Waals surface area contributed by atoms with Crippen molar-refractivity contribution in [2.24, 2.45) is 0 Å². The Morgan fingerprint density at radius 2 is 2.58 bits per heavy atom. The van der Waals surface area contributed by atoms with Gasteiger partial charge in [0.05, 0.1) is 19.3 Å². The molecular formula is C9H17NO2. The first-order chi connectivity index (χ1) is 5.77. The molecule has 0 aromatic carbocycles. The molecule has 1 N–H and O–H groups in total. The summed E-state index contributed by atoms with van der Waals surface area (Å²) in [6.07, 6.45) is 1.90. The van der Waals surface area contributed by atoms with Gasteiger partial charge in [-0.3, -0.25) is 4.90 Å². The van der Waals surface area contributed by atoms with E-state index in [0.717, 1.165) is 13.1 Å². The lowest BCUT2D eigenvalue weighted by Crippen LogP contribution is -2.47. The monoisotopic (exact) mass is 171 g/mol. The van der Waals surface area contributed by atoms with Gasteiger partial charge in [0.25, 0.3) is 0 Å². The second-order valence-electron chi connectivity index (χ2n) is 3.15. The number of aliphatic hydroxyl groups is 1. The first-order valence-electron chi connectivity index (χ1n) is 4.37. The molecular weight excluding hydrogens is 154 g/mol. The fourth-order valence-electron chi connectivity index (χ4n) is 1.37. The maximum Gasteiger partial charge on any atom is 0.0933 e. The van der Waals surface area contributed by atoms with E-state index in [2.05, 4.69) is 18.4 Å². The van der Waals surface area contributed by atoms with E-state index in [9.17, 15) is 0 Å². The Bertz CT molecular complexity index is 149. The van der Waals surface area contributed by atoms with Crippen LogP contribution in [0.4, 0.5) is 0 Å². The molecule has 1 aliphatic rings. The average molecular weight is 171 g/mol. The number of ether oxygens (including phenoxy) is 1. The van der Waals surface area contributed by atoms with Crippen molar-refractivity contribution in [3.63, 3.8) is 0 Å². The summed E-state index contributed by atoms with van der Waals surface area (Å²) in [6, 6.07) is 0.378. The lowest BCUT2D eigenvalue weighted by molar-refractivity contribution is -0.0580. The Morgan fingerprint density at radius 1 is 1.83 bits per heavy atom. The molecule has 1 aliphatic heterocycles. The number of hydrogen-bond donors (Lipinski definition) is 1. The summed E-state index contributed by atoms with van der Waals surface area (Å²) >= 11 is 0. The smallest absolute Gasteiger partial charge is 0.0933 e. The molecule has 3 nitrogen and oxygen atoms in total. The first-order valence-corrected chi connectivity index (χ1v) is 4.37. The van der Waals surface area contributed by atoms with E-state index >= 15 is 0 Å². The van der Waals surface area contributed by atoms with Crippen LogP contribution < -0.4 is 0 Å². The standard InChI is InChI=1S/C9H17NO2/c1-3-8(2)10-4-5-12-9(6-10)7-11/h3,8-9,11H,1,4-7H2,2H3. The van der Waals surface area contributed by atoms with Crippen LogP contribution in [0.1, 0.15) is 6.92 Å². The minimum atomic E-state index is -0.0128. The molecule has 0 aliphatic carbocycles. The van der Waals surface area contributed by atoms with E-state index in [1.54, 1.807) is 0 Å². The van der Waals surface area contributed by atoms with Crippen molar-refractivity contribution in [1.82, 2.24) is 4.90 Å². The van der Waals surface area contributed by atoms with Crippen molar-refractivity contribution in [3.8, 4) is 0 Å². The molecule has 0 saturated carbocycles. The van der Waals surface area contributed by atoms with Crippen LogP contribution in [0.15, 0.2) is 12.7 Å². The fraction of sp³-hybridized carbons (Fsp3) is 0.778. The van der Waals surface area contributed by atoms with Gasteiger partial charge in [-0.25, -0.2) is 0 Å². The molecule has 1 saturated heterocycles. The maximum absolute atomic E-state index is 8.89. The number of rotatable bonds is 3. The number of morpholine rings is 1. The van der Waals surface area contributed by atoms with Gasteiger partial charge in [-0.2, -0.15) is 0 Å². The highest BCUT2D eigenvalue weighted by Gasteiger charge is 2.21. The lowest BCUT2D eigenvalue weighted by Gasteiger charge is -2.34. The molecule has 2 atom stereocenters. The Balaban J connectivity index is 2.39. The maximum atomic E-state index is 8.89. The molecule has 0 aromatic rings. The molecule has 0 spiro atoms. The predicted molar refractivity (Wildman–Crippen MR) is 48.1 cm³/mol. The molecule has 0 amide bonds. The normalized spacial score (nSPS) is 28.3. The molecule has 0 bridgehead atoms. The van der Waals surface area contributed by atoms with Gasteiger partial charge in [0, 0.05) is 19.1 Å². The zero-order valence-corrected chi connectivity index (χ0v) is 7.57. The summed E-state index contributed by atoms with van der Waals surface area (Å²) in [6.45, 7) is 8.41. The topological polar surface area (TPSA) is 32.7 Å². The first kappa shape index (κ1) is 9.71. The Kier molecular flexibility index (Phi) is 3.72. The predicted octanol–water partition coefficient (Wildman–Crippen LogP) is 0.254. The average Bonchev–Trinajstić information content (AvgIpc) is 2.17.